The third-order valence-electron chi connectivity index (χ3n) is 3.59. The molecular formula is C17H21BrN2O. The summed E-state index contributed by atoms with van der Waals surface area (Å²) in [6, 6.07) is 10.3. The molecule has 1 unspecified atom stereocenters. The van der Waals surface area contributed by atoms with Gasteiger partial charge in [0.1, 0.15) is 5.69 Å². The topological polar surface area (TPSA) is 44.9 Å². The highest BCUT2D eigenvalue weighted by Crippen LogP contribution is 2.23. The molecule has 1 atom stereocenters. The number of benzene rings is 1. The van der Waals surface area contributed by atoms with E-state index in [0.29, 0.717) is 11.6 Å². The lowest BCUT2D eigenvalue weighted by Crippen LogP contribution is -2.31. The number of rotatable bonds is 5. The number of H-pyrrole nitrogens is 1. The highest BCUT2D eigenvalue weighted by atomic mass is 79.9. The van der Waals surface area contributed by atoms with Crippen molar-refractivity contribution in [2.24, 2.45) is 5.92 Å². The van der Waals surface area contributed by atoms with Crippen LogP contribution in [0.3, 0.4) is 0 Å². The molecule has 21 heavy (non-hydrogen) atoms. The van der Waals surface area contributed by atoms with Crippen molar-refractivity contribution in [3.05, 3.63) is 57.8 Å². The molecule has 0 fully saturated rings. The zero-order valence-electron chi connectivity index (χ0n) is 12.6. The molecule has 4 heteroatoms. The van der Waals surface area contributed by atoms with Gasteiger partial charge in [0.25, 0.3) is 5.91 Å². The van der Waals surface area contributed by atoms with Gasteiger partial charge in [-0.2, -0.15) is 0 Å². The van der Waals surface area contributed by atoms with Crippen LogP contribution in [-0.4, -0.2) is 10.9 Å². The lowest BCUT2D eigenvalue weighted by Gasteiger charge is -2.23. The Bertz CT molecular complexity index is 602. The third kappa shape index (κ3) is 3.97. The summed E-state index contributed by atoms with van der Waals surface area (Å²) in [7, 11) is 0. The highest BCUT2D eigenvalue weighted by molar-refractivity contribution is 9.10. The first-order chi connectivity index (χ1) is 10.0. The van der Waals surface area contributed by atoms with Crippen LogP contribution >= 0.6 is 15.9 Å². The van der Waals surface area contributed by atoms with Crippen molar-refractivity contribution in [1.82, 2.24) is 10.3 Å². The van der Waals surface area contributed by atoms with Gasteiger partial charge in [-0.15, -0.1) is 0 Å². The molecule has 1 aromatic heterocycles. The Morgan fingerprint density at radius 2 is 1.95 bits per heavy atom. The number of aryl methyl sites for hydroxylation is 1. The van der Waals surface area contributed by atoms with Gasteiger partial charge < -0.3 is 10.3 Å². The molecule has 0 bridgehead atoms. The fraction of sp³-hybridized carbons (Fsp3) is 0.353. The Hall–Kier alpha value is -1.55. The first-order valence-corrected chi connectivity index (χ1v) is 8.04. The predicted octanol–water partition coefficient (Wildman–Crippen LogP) is 4.47. The summed E-state index contributed by atoms with van der Waals surface area (Å²) in [5, 5.41) is 3.11. The van der Waals surface area contributed by atoms with Crippen molar-refractivity contribution in [2.75, 3.05) is 0 Å². The van der Waals surface area contributed by atoms with Crippen LogP contribution in [0.1, 0.15) is 48.4 Å². The maximum absolute atomic E-state index is 12.3. The van der Waals surface area contributed by atoms with E-state index in [9.17, 15) is 4.79 Å². The van der Waals surface area contributed by atoms with Crippen LogP contribution in [0.25, 0.3) is 0 Å². The number of hydrogen-bond acceptors (Lipinski definition) is 1. The average molecular weight is 349 g/mol. The minimum absolute atomic E-state index is 0.00508. The summed E-state index contributed by atoms with van der Waals surface area (Å²) in [6.45, 7) is 6.37. The lowest BCUT2D eigenvalue weighted by atomic mass is 9.94. The lowest BCUT2D eigenvalue weighted by molar-refractivity contribution is 0.0921. The standard InChI is InChI=1S/C17H21BrN2O/c1-4-12-5-7-13(8-6-12)16(11(2)3)20-17(21)15-9-14(18)10-19-15/h5-11,16,19H,4H2,1-3H3,(H,20,21). The second-order valence-electron chi connectivity index (χ2n) is 5.52. The molecule has 112 valence electrons. The van der Waals surface area contributed by atoms with E-state index < -0.39 is 0 Å². The number of aromatic amines is 1. The first kappa shape index (κ1) is 15.8. The van der Waals surface area contributed by atoms with E-state index in [1.807, 2.05) is 0 Å². The van der Waals surface area contributed by atoms with Crippen molar-refractivity contribution in [2.45, 2.75) is 33.2 Å². The summed E-state index contributed by atoms with van der Waals surface area (Å²) in [6.07, 6.45) is 2.78. The zero-order chi connectivity index (χ0) is 15.4. The normalized spacial score (nSPS) is 12.4. The van der Waals surface area contributed by atoms with Gasteiger partial charge in [0.05, 0.1) is 6.04 Å². The van der Waals surface area contributed by atoms with Gasteiger partial charge >= 0.3 is 0 Å². The Morgan fingerprint density at radius 1 is 1.29 bits per heavy atom. The Kier molecular flexibility index (Phi) is 5.23. The van der Waals surface area contributed by atoms with E-state index in [2.05, 4.69) is 71.3 Å². The van der Waals surface area contributed by atoms with Crippen LogP contribution in [-0.2, 0) is 6.42 Å². The molecule has 0 saturated heterocycles. The summed E-state index contributed by atoms with van der Waals surface area (Å²) in [5.41, 5.74) is 3.01. The summed E-state index contributed by atoms with van der Waals surface area (Å²) in [4.78, 5) is 15.3. The molecule has 0 spiro atoms. The fourth-order valence-electron chi connectivity index (χ4n) is 2.31. The summed E-state index contributed by atoms with van der Waals surface area (Å²) >= 11 is 3.35. The van der Waals surface area contributed by atoms with Crippen LogP contribution < -0.4 is 5.32 Å². The molecule has 1 aromatic carbocycles. The third-order valence-corrected chi connectivity index (χ3v) is 4.05. The van der Waals surface area contributed by atoms with E-state index in [0.717, 1.165) is 16.5 Å². The van der Waals surface area contributed by atoms with Crippen LogP contribution in [0.5, 0.6) is 0 Å². The van der Waals surface area contributed by atoms with Gasteiger partial charge in [-0.3, -0.25) is 4.79 Å². The molecule has 0 aliphatic carbocycles. The molecule has 0 aliphatic heterocycles. The number of halogens is 1. The molecule has 2 aromatic rings. The predicted molar refractivity (Wildman–Crippen MR) is 89.4 cm³/mol. The van der Waals surface area contributed by atoms with E-state index >= 15 is 0 Å². The Morgan fingerprint density at radius 3 is 2.43 bits per heavy atom. The van der Waals surface area contributed by atoms with Crippen molar-refractivity contribution < 1.29 is 4.79 Å². The number of amides is 1. The van der Waals surface area contributed by atoms with Crippen LogP contribution in [0, 0.1) is 5.92 Å². The van der Waals surface area contributed by atoms with Crippen LogP contribution in [0.4, 0.5) is 0 Å². The van der Waals surface area contributed by atoms with Crippen molar-refractivity contribution in [3.63, 3.8) is 0 Å². The first-order valence-electron chi connectivity index (χ1n) is 7.25. The molecule has 3 nitrogen and oxygen atoms in total. The molecule has 2 N–H and O–H groups in total. The van der Waals surface area contributed by atoms with Gasteiger partial charge in [-0.25, -0.2) is 0 Å². The molecular weight excluding hydrogens is 328 g/mol. The Balaban J connectivity index is 2.16. The SMILES string of the molecule is CCc1ccc(C(NC(=O)c2cc(Br)c[nH]2)C(C)C)cc1. The van der Waals surface area contributed by atoms with Crippen molar-refractivity contribution in [3.8, 4) is 0 Å². The van der Waals surface area contributed by atoms with E-state index in [1.165, 1.54) is 5.56 Å². The summed E-state index contributed by atoms with van der Waals surface area (Å²) < 4.78 is 0.876. The number of aromatic nitrogens is 1. The largest absolute Gasteiger partial charge is 0.356 e. The average Bonchev–Trinajstić information content (AvgIpc) is 2.91. The van der Waals surface area contributed by atoms with E-state index in [4.69, 9.17) is 0 Å². The van der Waals surface area contributed by atoms with Gasteiger partial charge in [0, 0.05) is 10.7 Å². The van der Waals surface area contributed by atoms with E-state index in [1.54, 1.807) is 12.3 Å². The number of carbonyl (C=O) groups excluding carboxylic acids is 1. The fourth-order valence-corrected chi connectivity index (χ4v) is 2.66. The highest BCUT2D eigenvalue weighted by Gasteiger charge is 2.19. The number of nitrogens with one attached hydrogen (secondary N) is 2. The smallest absolute Gasteiger partial charge is 0.268 e. The van der Waals surface area contributed by atoms with Gasteiger partial charge in [-0.05, 0) is 45.5 Å². The minimum Gasteiger partial charge on any atom is -0.356 e. The van der Waals surface area contributed by atoms with Crippen molar-refractivity contribution in [1.29, 1.82) is 0 Å². The van der Waals surface area contributed by atoms with Gasteiger partial charge in [0.15, 0.2) is 0 Å². The molecule has 0 saturated carbocycles. The number of carbonyl (C=O) groups is 1. The molecule has 0 radical (unpaired) electrons. The monoisotopic (exact) mass is 348 g/mol. The number of hydrogen-bond donors (Lipinski definition) is 2. The van der Waals surface area contributed by atoms with Gasteiger partial charge in [-0.1, -0.05) is 45.0 Å². The molecule has 1 amide bonds. The Labute approximate surface area is 134 Å². The van der Waals surface area contributed by atoms with Crippen molar-refractivity contribution >= 4 is 21.8 Å². The quantitative estimate of drug-likeness (QED) is 0.822. The zero-order valence-corrected chi connectivity index (χ0v) is 14.2. The molecule has 0 aliphatic rings. The maximum atomic E-state index is 12.3. The van der Waals surface area contributed by atoms with E-state index in [-0.39, 0.29) is 11.9 Å². The van der Waals surface area contributed by atoms with Crippen LogP contribution in [0.15, 0.2) is 41.0 Å². The second-order valence-corrected chi connectivity index (χ2v) is 6.44. The minimum atomic E-state index is -0.0843. The maximum Gasteiger partial charge on any atom is 0.268 e. The second kappa shape index (κ2) is 6.94. The molecule has 1 heterocycles. The molecule has 2 rings (SSSR count). The summed E-state index contributed by atoms with van der Waals surface area (Å²) in [5.74, 6) is 0.235. The van der Waals surface area contributed by atoms with Gasteiger partial charge in [0.2, 0.25) is 0 Å². The van der Waals surface area contributed by atoms with Crippen LogP contribution in [0.2, 0.25) is 0 Å².